The number of fused-ring (bicyclic) bond motifs is 1. The summed E-state index contributed by atoms with van der Waals surface area (Å²) in [4.78, 5) is 16.7. The topological polar surface area (TPSA) is 68.5 Å². The zero-order valence-electron chi connectivity index (χ0n) is 15.0. The molecule has 1 fully saturated rings. The van der Waals surface area contributed by atoms with Crippen molar-refractivity contribution in [2.45, 2.75) is 31.9 Å². The van der Waals surface area contributed by atoms with Crippen molar-refractivity contribution in [3.8, 4) is 5.75 Å². The smallest absolute Gasteiger partial charge is 0.433 e. The number of carbonyl (C=O) groups is 1. The summed E-state index contributed by atoms with van der Waals surface area (Å²) in [5, 5.41) is 6.46. The lowest BCUT2D eigenvalue weighted by atomic mass is 10.2. The van der Waals surface area contributed by atoms with Crippen LogP contribution in [0.3, 0.4) is 0 Å². The van der Waals surface area contributed by atoms with Gasteiger partial charge in [0, 0.05) is 23.4 Å². The molecule has 1 saturated carbocycles. The summed E-state index contributed by atoms with van der Waals surface area (Å²) >= 11 is 0. The molecule has 146 valence electrons. The van der Waals surface area contributed by atoms with E-state index in [4.69, 9.17) is 4.74 Å². The van der Waals surface area contributed by atoms with E-state index in [0.29, 0.717) is 28.3 Å². The van der Waals surface area contributed by atoms with Crippen LogP contribution in [0.5, 0.6) is 5.75 Å². The van der Waals surface area contributed by atoms with Crippen molar-refractivity contribution in [2.75, 3.05) is 11.9 Å². The highest BCUT2D eigenvalue weighted by atomic mass is 19.4. The van der Waals surface area contributed by atoms with Crippen molar-refractivity contribution >= 4 is 17.2 Å². The van der Waals surface area contributed by atoms with Gasteiger partial charge in [-0.3, -0.25) is 4.79 Å². The Morgan fingerprint density at radius 2 is 1.96 bits per heavy atom. The van der Waals surface area contributed by atoms with Crippen LogP contribution in [0.1, 0.15) is 47.6 Å². The van der Waals surface area contributed by atoms with Crippen LogP contribution in [0.2, 0.25) is 0 Å². The Labute approximate surface area is 158 Å². The van der Waals surface area contributed by atoms with Gasteiger partial charge in [-0.2, -0.15) is 18.3 Å². The third-order valence-corrected chi connectivity index (χ3v) is 4.39. The van der Waals surface area contributed by atoms with E-state index in [0.717, 1.165) is 18.9 Å². The third-order valence-electron chi connectivity index (χ3n) is 4.39. The van der Waals surface area contributed by atoms with Crippen LogP contribution in [0.4, 0.5) is 18.9 Å². The van der Waals surface area contributed by atoms with E-state index in [2.05, 4.69) is 15.4 Å². The van der Waals surface area contributed by atoms with E-state index in [-0.39, 0.29) is 17.3 Å². The quantitative estimate of drug-likeness (QED) is 0.706. The molecule has 28 heavy (non-hydrogen) atoms. The third kappa shape index (κ3) is 3.64. The average Bonchev–Trinajstić information content (AvgIpc) is 3.40. The summed E-state index contributed by atoms with van der Waals surface area (Å²) in [6, 6.07) is 8.95. The normalized spacial score (nSPS) is 14.3. The van der Waals surface area contributed by atoms with Gasteiger partial charge in [-0.1, -0.05) is 0 Å². The van der Waals surface area contributed by atoms with Gasteiger partial charge in [-0.05, 0) is 50.1 Å². The molecule has 1 aliphatic carbocycles. The van der Waals surface area contributed by atoms with Crippen molar-refractivity contribution in [3.05, 3.63) is 53.5 Å². The van der Waals surface area contributed by atoms with Crippen LogP contribution in [0.25, 0.3) is 5.65 Å². The van der Waals surface area contributed by atoms with Gasteiger partial charge in [0.15, 0.2) is 11.3 Å². The number of hydrogen-bond donors (Lipinski definition) is 1. The number of halogens is 3. The van der Waals surface area contributed by atoms with Gasteiger partial charge < -0.3 is 10.1 Å². The van der Waals surface area contributed by atoms with Crippen molar-refractivity contribution in [3.63, 3.8) is 0 Å². The molecule has 1 amide bonds. The average molecular weight is 390 g/mol. The number of nitrogens with zero attached hydrogens (tertiary/aromatic N) is 3. The van der Waals surface area contributed by atoms with E-state index in [1.54, 1.807) is 24.3 Å². The molecular formula is C19H17F3N4O2. The molecule has 3 aromatic rings. The second kappa shape index (κ2) is 6.81. The summed E-state index contributed by atoms with van der Waals surface area (Å²) in [6.45, 7) is 2.38. The van der Waals surface area contributed by atoms with E-state index >= 15 is 0 Å². The van der Waals surface area contributed by atoms with Gasteiger partial charge in [-0.15, -0.1) is 0 Å². The highest BCUT2D eigenvalue weighted by molar-refractivity contribution is 6.03. The number of aromatic nitrogens is 3. The molecule has 0 bridgehead atoms. The molecule has 2 heterocycles. The Hall–Kier alpha value is -3.10. The fourth-order valence-corrected chi connectivity index (χ4v) is 2.89. The number of nitrogens with one attached hydrogen (secondary N) is 1. The first-order valence-corrected chi connectivity index (χ1v) is 8.87. The highest BCUT2D eigenvalue weighted by Crippen LogP contribution is 2.41. The monoisotopic (exact) mass is 390 g/mol. The van der Waals surface area contributed by atoms with Crippen LogP contribution in [0, 0.1) is 0 Å². The molecule has 0 atom stereocenters. The molecule has 0 saturated heterocycles. The van der Waals surface area contributed by atoms with Crippen molar-refractivity contribution in [1.82, 2.24) is 14.6 Å². The van der Waals surface area contributed by atoms with Gasteiger partial charge in [-0.25, -0.2) is 9.50 Å². The number of benzene rings is 1. The lowest BCUT2D eigenvalue weighted by Crippen LogP contribution is -2.16. The molecule has 4 rings (SSSR count). The predicted molar refractivity (Wildman–Crippen MR) is 95.5 cm³/mol. The minimum absolute atomic E-state index is 0.00793. The summed E-state index contributed by atoms with van der Waals surface area (Å²) in [5.74, 6) is 0.0812. The molecule has 0 spiro atoms. The first-order valence-electron chi connectivity index (χ1n) is 8.87. The van der Waals surface area contributed by atoms with Crippen molar-refractivity contribution < 1.29 is 22.7 Å². The fraction of sp³-hybridized carbons (Fsp3) is 0.316. The maximum absolute atomic E-state index is 13.4. The zero-order valence-corrected chi connectivity index (χ0v) is 15.0. The lowest BCUT2D eigenvalue weighted by Gasteiger charge is -2.10. The highest BCUT2D eigenvalue weighted by Gasteiger charge is 2.37. The summed E-state index contributed by atoms with van der Waals surface area (Å²) in [6.07, 6.45) is -2.96. The second-order valence-electron chi connectivity index (χ2n) is 6.55. The molecule has 1 N–H and O–H groups in total. The zero-order chi connectivity index (χ0) is 19.9. The fourth-order valence-electron chi connectivity index (χ4n) is 2.89. The minimum atomic E-state index is -4.60. The number of alkyl halides is 3. The number of rotatable bonds is 5. The van der Waals surface area contributed by atoms with Crippen LogP contribution in [-0.2, 0) is 6.18 Å². The Bertz CT molecular complexity index is 1020. The number of amides is 1. The van der Waals surface area contributed by atoms with Gasteiger partial charge in [0.05, 0.1) is 6.61 Å². The molecule has 0 unspecified atom stereocenters. The molecule has 2 aromatic heterocycles. The molecule has 6 nitrogen and oxygen atoms in total. The van der Waals surface area contributed by atoms with E-state index in [1.165, 1.54) is 6.07 Å². The Balaban J connectivity index is 1.64. The van der Waals surface area contributed by atoms with Gasteiger partial charge in [0.1, 0.15) is 11.4 Å². The van der Waals surface area contributed by atoms with Gasteiger partial charge in [0.2, 0.25) is 0 Å². The number of ether oxygens (including phenoxy) is 1. The maximum atomic E-state index is 13.4. The molecule has 9 heteroatoms. The van der Waals surface area contributed by atoms with Crippen molar-refractivity contribution in [2.24, 2.45) is 0 Å². The van der Waals surface area contributed by atoms with E-state index < -0.39 is 17.8 Å². The molecule has 0 aliphatic heterocycles. The van der Waals surface area contributed by atoms with Crippen LogP contribution in [0.15, 0.2) is 36.4 Å². The summed E-state index contributed by atoms with van der Waals surface area (Å²) in [5.41, 5.74) is -0.195. The van der Waals surface area contributed by atoms with Gasteiger partial charge in [0.25, 0.3) is 5.91 Å². The van der Waals surface area contributed by atoms with Gasteiger partial charge >= 0.3 is 6.18 Å². The van der Waals surface area contributed by atoms with Crippen LogP contribution >= 0.6 is 0 Å². The van der Waals surface area contributed by atoms with Crippen LogP contribution in [-0.4, -0.2) is 27.1 Å². The number of anilines is 1. The molecule has 1 aromatic carbocycles. The Kier molecular flexibility index (Phi) is 4.44. The first-order chi connectivity index (χ1) is 13.3. The second-order valence-corrected chi connectivity index (χ2v) is 6.55. The molecular weight excluding hydrogens is 373 g/mol. The van der Waals surface area contributed by atoms with E-state index in [9.17, 15) is 18.0 Å². The molecule has 1 aliphatic rings. The largest absolute Gasteiger partial charge is 0.494 e. The Morgan fingerprint density at radius 1 is 1.25 bits per heavy atom. The number of hydrogen-bond acceptors (Lipinski definition) is 4. The van der Waals surface area contributed by atoms with Crippen molar-refractivity contribution in [1.29, 1.82) is 0 Å². The molecule has 0 radical (unpaired) electrons. The number of carbonyl (C=O) groups excluding carboxylic acids is 1. The summed E-state index contributed by atoms with van der Waals surface area (Å²) < 4.78 is 46.3. The maximum Gasteiger partial charge on any atom is 0.433 e. The predicted octanol–water partition coefficient (Wildman–Crippen LogP) is 4.28. The summed E-state index contributed by atoms with van der Waals surface area (Å²) in [7, 11) is 0. The van der Waals surface area contributed by atoms with Crippen LogP contribution < -0.4 is 10.1 Å². The van der Waals surface area contributed by atoms with E-state index in [1.807, 2.05) is 6.92 Å². The first kappa shape index (κ1) is 18.3. The SMILES string of the molecule is CCOc1ccc(NC(=O)c2cc3nc(C4CC4)cc(C(F)(F)F)n3n2)cc1. The minimum Gasteiger partial charge on any atom is -0.494 e. The Morgan fingerprint density at radius 3 is 2.57 bits per heavy atom. The standard InChI is InChI=1S/C19H17F3N4O2/c1-2-28-13-7-5-12(6-8-13)23-18(27)15-10-17-24-14(11-3-4-11)9-16(19(20,21)22)26(17)25-15/h5-11H,2-4H2,1H3,(H,23,27). The lowest BCUT2D eigenvalue weighted by molar-refractivity contribution is -0.142.